The number of piperidine rings is 1. The van der Waals surface area contributed by atoms with Gasteiger partial charge in [0.2, 0.25) is 0 Å². The molecule has 0 unspecified atom stereocenters. The van der Waals surface area contributed by atoms with Gasteiger partial charge in [0, 0.05) is 54.8 Å². The van der Waals surface area contributed by atoms with E-state index in [1.165, 1.54) is 12.1 Å². The Balaban J connectivity index is 1.27. The van der Waals surface area contributed by atoms with Crippen molar-refractivity contribution in [2.24, 2.45) is 0 Å². The Morgan fingerprint density at radius 3 is 2.63 bits per heavy atom. The van der Waals surface area contributed by atoms with E-state index in [0.29, 0.717) is 30.8 Å². The lowest BCUT2D eigenvalue weighted by atomic mass is 9.93. The maximum absolute atomic E-state index is 13.3. The molecular formula is C28H25FN4O2. The van der Waals surface area contributed by atoms with E-state index in [1.807, 2.05) is 23.1 Å². The van der Waals surface area contributed by atoms with Crippen LogP contribution in [0.25, 0.3) is 0 Å². The SMILES string of the molecule is O=C(c1cccc(Oc2ncccn2)c1)N1CCC[C@@H](c2cccc(Cc3ccc(F)cc3)n2)C1. The zero-order valence-electron chi connectivity index (χ0n) is 19.2. The van der Waals surface area contributed by atoms with Crippen molar-refractivity contribution in [3.05, 3.63) is 114 Å². The zero-order valence-corrected chi connectivity index (χ0v) is 19.2. The first-order chi connectivity index (χ1) is 17.1. The zero-order chi connectivity index (χ0) is 24.0. The molecule has 1 aliphatic heterocycles. The Hall–Kier alpha value is -4.13. The first-order valence-corrected chi connectivity index (χ1v) is 11.7. The van der Waals surface area contributed by atoms with Crippen molar-refractivity contribution in [1.82, 2.24) is 19.9 Å². The highest BCUT2D eigenvalue weighted by Gasteiger charge is 2.26. The second-order valence-corrected chi connectivity index (χ2v) is 8.61. The highest BCUT2D eigenvalue weighted by Crippen LogP contribution is 2.28. The Labute approximate surface area is 203 Å². The number of halogens is 1. The van der Waals surface area contributed by atoms with Crippen LogP contribution in [0.5, 0.6) is 11.8 Å². The van der Waals surface area contributed by atoms with Gasteiger partial charge in [0.05, 0.1) is 0 Å². The van der Waals surface area contributed by atoms with Gasteiger partial charge >= 0.3 is 6.01 Å². The molecule has 1 saturated heterocycles. The van der Waals surface area contributed by atoms with Gasteiger partial charge in [-0.15, -0.1) is 0 Å². The molecule has 0 radical (unpaired) electrons. The number of benzene rings is 2. The average Bonchev–Trinajstić information content (AvgIpc) is 2.91. The number of carbonyl (C=O) groups is 1. The molecule has 6 nitrogen and oxygen atoms in total. The summed E-state index contributed by atoms with van der Waals surface area (Å²) in [6, 6.07) is 21.6. The minimum atomic E-state index is -0.243. The number of aromatic nitrogens is 3. The molecule has 0 saturated carbocycles. The van der Waals surface area contributed by atoms with Crippen molar-refractivity contribution in [2.45, 2.75) is 25.2 Å². The molecule has 2 aromatic carbocycles. The molecule has 0 spiro atoms. The number of hydrogen-bond donors (Lipinski definition) is 0. The number of likely N-dealkylation sites (tertiary alicyclic amines) is 1. The normalized spacial score (nSPS) is 15.6. The average molecular weight is 469 g/mol. The smallest absolute Gasteiger partial charge is 0.321 e. The molecule has 0 N–H and O–H groups in total. The molecule has 3 heterocycles. The quantitative estimate of drug-likeness (QED) is 0.378. The largest absolute Gasteiger partial charge is 0.424 e. The van der Waals surface area contributed by atoms with Crippen LogP contribution in [0.15, 0.2) is 85.2 Å². The summed E-state index contributed by atoms with van der Waals surface area (Å²) in [5.41, 5.74) is 3.50. The molecule has 35 heavy (non-hydrogen) atoms. The minimum Gasteiger partial charge on any atom is -0.424 e. The summed E-state index contributed by atoms with van der Waals surface area (Å²) in [6.07, 6.45) is 5.74. The molecule has 0 bridgehead atoms. The van der Waals surface area contributed by atoms with E-state index in [0.717, 1.165) is 29.8 Å². The fourth-order valence-electron chi connectivity index (χ4n) is 4.36. The molecule has 5 rings (SSSR count). The number of rotatable bonds is 6. The van der Waals surface area contributed by atoms with Crippen molar-refractivity contribution in [1.29, 1.82) is 0 Å². The fraction of sp³-hybridized carbons (Fsp3) is 0.214. The van der Waals surface area contributed by atoms with Crippen LogP contribution in [0.1, 0.15) is 46.1 Å². The van der Waals surface area contributed by atoms with Gasteiger partial charge in [-0.1, -0.05) is 24.3 Å². The predicted molar refractivity (Wildman–Crippen MR) is 130 cm³/mol. The van der Waals surface area contributed by atoms with Crippen molar-refractivity contribution < 1.29 is 13.9 Å². The molecule has 1 fully saturated rings. The van der Waals surface area contributed by atoms with E-state index in [4.69, 9.17) is 9.72 Å². The van der Waals surface area contributed by atoms with Gasteiger partial charge in [0.1, 0.15) is 11.6 Å². The Bertz CT molecular complexity index is 1300. The molecule has 176 valence electrons. The van der Waals surface area contributed by atoms with E-state index in [9.17, 15) is 9.18 Å². The van der Waals surface area contributed by atoms with Crippen LogP contribution in [0.2, 0.25) is 0 Å². The monoisotopic (exact) mass is 468 g/mol. The molecular weight excluding hydrogens is 443 g/mol. The fourth-order valence-corrected chi connectivity index (χ4v) is 4.36. The second kappa shape index (κ2) is 10.4. The standard InChI is InChI=1S/C28H25FN4O2/c29-23-12-10-20(11-13-23)17-24-7-2-9-26(32-24)22-6-3-16-33(19-22)27(34)21-5-1-8-25(18-21)35-28-30-14-4-15-31-28/h1-2,4-5,7-15,18,22H,3,6,16-17,19H2/t22-/m1/s1. The van der Waals surface area contributed by atoms with Gasteiger partial charge < -0.3 is 9.64 Å². The Morgan fingerprint density at radius 2 is 1.80 bits per heavy atom. The van der Waals surface area contributed by atoms with Crippen molar-refractivity contribution in [3.63, 3.8) is 0 Å². The number of hydrogen-bond acceptors (Lipinski definition) is 5. The van der Waals surface area contributed by atoms with Crippen LogP contribution in [-0.4, -0.2) is 38.8 Å². The third-order valence-corrected chi connectivity index (χ3v) is 6.09. The highest BCUT2D eigenvalue weighted by molar-refractivity contribution is 5.94. The van der Waals surface area contributed by atoms with Crippen molar-refractivity contribution in [3.8, 4) is 11.8 Å². The van der Waals surface area contributed by atoms with Crippen LogP contribution in [-0.2, 0) is 6.42 Å². The molecule has 2 aromatic heterocycles. The number of nitrogens with zero attached hydrogens (tertiary/aromatic N) is 4. The topological polar surface area (TPSA) is 68.2 Å². The van der Waals surface area contributed by atoms with Gasteiger partial charge in [-0.3, -0.25) is 9.78 Å². The predicted octanol–water partition coefficient (Wildman–Crippen LogP) is 5.41. The molecule has 1 amide bonds. The number of amides is 1. The third kappa shape index (κ3) is 5.69. The maximum atomic E-state index is 13.3. The van der Waals surface area contributed by atoms with Crippen molar-refractivity contribution >= 4 is 5.91 Å². The van der Waals surface area contributed by atoms with E-state index in [1.54, 1.807) is 54.9 Å². The summed E-state index contributed by atoms with van der Waals surface area (Å²) in [7, 11) is 0. The van der Waals surface area contributed by atoms with Crippen LogP contribution < -0.4 is 4.74 Å². The lowest BCUT2D eigenvalue weighted by Gasteiger charge is -2.32. The minimum absolute atomic E-state index is 0.0309. The lowest BCUT2D eigenvalue weighted by molar-refractivity contribution is 0.0705. The number of pyridine rings is 1. The lowest BCUT2D eigenvalue weighted by Crippen LogP contribution is -2.39. The van der Waals surface area contributed by atoms with E-state index < -0.39 is 0 Å². The summed E-state index contributed by atoms with van der Waals surface area (Å²) >= 11 is 0. The van der Waals surface area contributed by atoms with E-state index in [-0.39, 0.29) is 23.7 Å². The van der Waals surface area contributed by atoms with Gasteiger partial charge in [-0.2, -0.15) is 0 Å². The summed E-state index contributed by atoms with van der Waals surface area (Å²) < 4.78 is 18.9. The first-order valence-electron chi connectivity index (χ1n) is 11.7. The molecule has 7 heteroatoms. The van der Waals surface area contributed by atoms with E-state index >= 15 is 0 Å². The van der Waals surface area contributed by atoms with Crippen molar-refractivity contribution in [2.75, 3.05) is 13.1 Å². The first kappa shape index (κ1) is 22.7. The van der Waals surface area contributed by atoms with Crippen LogP contribution in [0.4, 0.5) is 4.39 Å². The van der Waals surface area contributed by atoms with Gasteiger partial charge in [-0.25, -0.2) is 14.4 Å². The van der Waals surface area contributed by atoms with Crippen LogP contribution >= 0.6 is 0 Å². The van der Waals surface area contributed by atoms with Crippen LogP contribution in [0, 0.1) is 5.82 Å². The molecule has 1 aliphatic rings. The van der Waals surface area contributed by atoms with Crippen LogP contribution in [0.3, 0.4) is 0 Å². The van der Waals surface area contributed by atoms with Gasteiger partial charge in [-0.05, 0) is 66.9 Å². The molecule has 4 aromatic rings. The summed E-state index contributed by atoms with van der Waals surface area (Å²) in [5.74, 6) is 0.410. The van der Waals surface area contributed by atoms with Gasteiger partial charge in [0.15, 0.2) is 0 Å². The second-order valence-electron chi connectivity index (χ2n) is 8.61. The Morgan fingerprint density at radius 1 is 1.00 bits per heavy atom. The van der Waals surface area contributed by atoms with Gasteiger partial charge in [0.25, 0.3) is 5.91 Å². The highest BCUT2D eigenvalue weighted by atomic mass is 19.1. The Kier molecular flexibility index (Phi) is 6.75. The molecule has 1 atom stereocenters. The summed E-state index contributed by atoms with van der Waals surface area (Å²) in [5, 5.41) is 0. The van der Waals surface area contributed by atoms with E-state index in [2.05, 4.69) is 9.97 Å². The summed E-state index contributed by atoms with van der Waals surface area (Å²) in [4.78, 5) is 28.2. The maximum Gasteiger partial charge on any atom is 0.321 e. The molecule has 0 aliphatic carbocycles. The number of ether oxygens (including phenoxy) is 1. The number of carbonyl (C=O) groups excluding carboxylic acids is 1. The third-order valence-electron chi connectivity index (χ3n) is 6.09. The summed E-state index contributed by atoms with van der Waals surface area (Å²) in [6.45, 7) is 1.32.